The van der Waals surface area contributed by atoms with Gasteiger partial charge in [0.1, 0.15) is 0 Å². The molecular weight excluding hydrogens is 1010 g/mol. The van der Waals surface area contributed by atoms with E-state index in [0.29, 0.717) is 0 Å². The van der Waals surface area contributed by atoms with Crippen molar-refractivity contribution in [1.82, 2.24) is 0 Å². The van der Waals surface area contributed by atoms with Gasteiger partial charge in [0.2, 0.25) is 0 Å². The number of rotatable bonds is 0. The van der Waals surface area contributed by atoms with Crippen LogP contribution in [0.3, 0.4) is 0 Å². The maximum atomic E-state index is 3.49. The van der Waals surface area contributed by atoms with Crippen LogP contribution in [-0.2, 0) is 360 Å². The topological polar surface area (TPSA) is 0 Å². The summed E-state index contributed by atoms with van der Waals surface area (Å²) in [5.74, 6) is 0. The van der Waals surface area contributed by atoms with Gasteiger partial charge in [-0.05, 0) is 0 Å². The molecule has 0 heterocycles. The molecule has 0 N–H and O–H groups in total. The van der Waals surface area contributed by atoms with Crippen molar-refractivity contribution in [2.45, 2.75) is 13.3 Å². The average molecular weight is 1020 g/mol. The van der Waals surface area contributed by atoms with E-state index < -0.39 is 0 Å². The molecule has 0 spiro atoms. The van der Waals surface area contributed by atoms with Crippen molar-refractivity contribution in [1.29, 1.82) is 0 Å². The molecule has 14 heavy (non-hydrogen) atoms. The molecular formula is C3H7Y11-. The van der Waals surface area contributed by atoms with Gasteiger partial charge in [-0.15, -0.1) is 0 Å². The van der Waals surface area contributed by atoms with Gasteiger partial charge in [0, 0.05) is 360 Å². The second-order valence-electron chi connectivity index (χ2n) is 0.500. The minimum Gasteiger partial charge on any atom is -0.344 e. The molecule has 0 aromatic carbocycles. The van der Waals surface area contributed by atoms with Gasteiger partial charge < -0.3 is 6.92 Å². The average Bonchev–Trinajstić information content (AvgIpc) is 0.918. The van der Waals surface area contributed by atoms with Crippen molar-refractivity contribution >= 4 is 0 Å². The van der Waals surface area contributed by atoms with Crippen molar-refractivity contribution in [3.8, 4) is 0 Å². The molecule has 0 aliphatic heterocycles. The van der Waals surface area contributed by atoms with Gasteiger partial charge in [0.25, 0.3) is 0 Å². The summed E-state index contributed by atoms with van der Waals surface area (Å²) in [6.45, 7) is 5.50. The third-order valence-corrected chi connectivity index (χ3v) is 0. The molecule has 11 heteroatoms. The SMILES string of the molecule is [CH2-]CC.[Y].[Y].[Y].[Y].[Y].[Y].[Y].[Y].[Y].[Y].[Y]. The van der Waals surface area contributed by atoms with Gasteiger partial charge in [-0.3, -0.25) is 0 Å². The molecule has 0 aliphatic rings. The number of hydrogen-bond donors (Lipinski definition) is 0. The van der Waals surface area contributed by atoms with E-state index in [-0.39, 0.29) is 360 Å². The van der Waals surface area contributed by atoms with Gasteiger partial charge in [0.05, 0.1) is 0 Å². The van der Waals surface area contributed by atoms with Crippen LogP contribution < -0.4 is 0 Å². The van der Waals surface area contributed by atoms with E-state index in [2.05, 4.69) is 6.92 Å². The minimum atomic E-state index is 0. The van der Waals surface area contributed by atoms with E-state index >= 15 is 0 Å². The summed E-state index contributed by atoms with van der Waals surface area (Å²) in [5.41, 5.74) is 0. The second-order valence-corrected chi connectivity index (χ2v) is 0.500. The molecule has 0 atom stereocenters. The van der Waals surface area contributed by atoms with Gasteiger partial charge >= 0.3 is 0 Å². The fourth-order valence-corrected chi connectivity index (χ4v) is 0. The quantitative estimate of drug-likeness (QED) is 0.321. The van der Waals surface area contributed by atoms with Crippen molar-refractivity contribution in [3.05, 3.63) is 6.92 Å². The Balaban J connectivity index is -0.000000000364. The Morgan fingerprint density at radius 3 is 0.500 bits per heavy atom. The fraction of sp³-hybridized carbons (Fsp3) is 0.667. The van der Waals surface area contributed by atoms with Gasteiger partial charge in [-0.25, -0.2) is 0 Å². The van der Waals surface area contributed by atoms with Crippen molar-refractivity contribution in [2.75, 3.05) is 0 Å². The van der Waals surface area contributed by atoms with Crippen LogP contribution in [0.2, 0.25) is 0 Å². The maximum Gasteiger partial charge on any atom is 0 e. The zero-order valence-electron chi connectivity index (χ0n) is 8.77. The first kappa shape index (κ1) is 82.6. The van der Waals surface area contributed by atoms with E-state index in [1.165, 1.54) is 0 Å². The van der Waals surface area contributed by atoms with E-state index in [4.69, 9.17) is 0 Å². The molecule has 0 bridgehead atoms. The van der Waals surface area contributed by atoms with E-state index in [9.17, 15) is 0 Å². The second kappa shape index (κ2) is 84.8. The molecule has 0 amide bonds. The Kier molecular flexibility index (Phi) is 501. The van der Waals surface area contributed by atoms with Crippen molar-refractivity contribution < 1.29 is 360 Å². The van der Waals surface area contributed by atoms with E-state index in [1.54, 1.807) is 0 Å². The first-order valence-electron chi connectivity index (χ1n) is 1.21. The van der Waals surface area contributed by atoms with Crippen LogP contribution in [0, 0.1) is 6.92 Å². The maximum absolute atomic E-state index is 3.49. The molecule has 0 unspecified atom stereocenters. The summed E-state index contributed by atoms with van der Waals surface area (Å²) >= 11 is 0. The Morgan fingerprint density at radius 1 is 0.500 bits per heavy atom. The Bertz CT molecular complexity index is 10.5. The molecule has 0 aromatic rings. The fourth-order valence-electron chi connectivity index (χ4n) is 0. The van der Waals surface area contributed by atoms with Crippen LogP contribution in [0.5, 0.6) is 0 Å². The predicted octanol–water partition coefficient (Wildman–Crippen LogP) is 1.20. The van der Waals surface area contributed by atoms with E-state index in [0.717, 1.165) is 6.42 Å². The Labute approximate surface area is 367 Å². The summed E-state index contributed by atoms with van der Waals surface area (Å²) < 4.78 is 0. The zero-order valence-corrected chi connectivity index (χ0v) is 40.0. The van der Waals surface area contributed by atoms with Gasteiger partial charge in [-0.1, -0.05) is 6.92 Å². The molecule has 0 fully saturated rings. The molecule has 0 nitrogen and oxygen atoms in total. The third kappa shape index (κ3) is 87.7. The van der Waals surface area contributed by atoms with Crippen LogP contribution in [0.4, 0.5) is 0 Å². The summed E-state index contributed by atoms with van der Waals surface area (Å²) in [6.07, 6.45) is 1.00. The standard InChI is InChI=1S/C3H7.11Y/c1-3-2;;;;;;;;;;;/h1,3H2,2H3;;;;;;;;;;;/q-1;;;;;;;;;;;. The Morgan fingerprint density at radius 2 is 0.500 bits per heavy atom. The third-order valence-electron chi connectivity index (χ3n) is 0. The van der Waals surface area contributed by atoms with Crippen LogP contribution in [0.25, 0.3) is 0 Å². The first-order valence-corrected chi connectivity index (χ1v) is 1.21. The minimum absolute atomic E-state index is 0. The first-order chi connectivity index (χ1) is 1.41. The summed E-state index contributed by atoms with van der Waals surface area (Å²) in [6, 6.07) is 0. The predicted molar refractivity (Wildman–Crippen MR) is 15.6 cm³/mol. The molecule has 0 saturated heterocycles. The smallest absolute Gasteiger partial charge is 0 e. The summed E-state index contributed by atoms with van der Waals surface area (Å²) in [5, 5.41) is 0. The molecule has 0 saturated carbocycles. The van der Waals surface area contributed by atoms with Gasteiger partial charge in [-0.2, -0.15) is 6.42 Å². The molecule has 11 radical (unpaired) electrons. The molecule has 0 aliphatic carbocycles. The van der Waals surface area contributed by atoms with Crippen LogP contribution in [0.1, 0.15) is 13.3 Å². The monoisotopic (exact) mass is 1020 g/mol. The zero-order chi connectivity index (χ0) is 2.71. The van der Waals surface area contributed by atoms with Crippen LogP contribution in [-0.4, -0.2) is 0 Å². The van der Waals surface area contributed by atoms with Crippen molar-refractivity contribution in [2.24, 2.45) is 0 Å². The van der Waals surface area contributed by atoms with Crippen LogP contribution >= 0.6 is 0 Å². The summed E-state index contributed by atoms with van der Waals surface area (Å²) in [4.78, 5) is 0. The number of hydrogen-bond acceptors (Lipinski definition) is 0. The van der Waals surface area contributed by atoms with E-state index in [1.807, 2.05) is 6.92 Å². The van der Waals surface area contributed by atoms with Crippen molar-refractivity contribution in [3.63, 3.8) is 0 Å². The molecule has 0 rings (SSSR count). The normalized spacial score (nSPS) is 1.29. The van der Waals surface area contributed by atoms with Gasteiger partial charge in [0.15, 0.2) is 0 Å². The molecule has 53 valence electrons. The largest absolute Gasteiger partial charge is 0.344 e. The van der Waals surface area contributed by atoms with Crippen LogP contribution in [0.15, 0.2) is 0 Å². The Hall–Kier alpha value is 12.1. The molecule has 0 aromatic heterocycles. The summed E-state index contributed by atoms with van der Waals surface area (Å²) in [7, 11) is 0.